The van der Waals surface area contributed by atoms with Gasteiger partial charge in [-0.1, -0.05) is 58.0 Å². The summed E-state index contributed by atoms with van der Waals surface area (Å²) in [5, 5.41) is 3.68. The highest BCUT2D eigenvalue weighted by Gasteiger charge is 2.43. The first kappa shape index (κ1) is 15.6. The fraction of sp³-hybridized carbons (Fsp3) is 0.684. The fourth-order valence-corrected chi connectivity index (χ4v) is 3.39. The second-order valence-electron chi connectivity index (χ2n) is 7.36. The molecule has 0 heterocycles. The Morgan fingerprint density at radius 1 is 1.00 bits per heavy atom. The van der Waals surface area contributed by atoms with E-state index in [-0.39, 0.29) is 0 Å². The molecule has 1 saturated carbocycles. The first-order chi connectivity index (χ1) is 9.58. The van der Waals surface area contributed by atoms with Crippen LogP contribution in [0.4, 0.5) is 0 Å². The van der Waals surface area contributed by atoms with E-state index in [9.17, 15) is 0 Å². The molecule has 0 aromatic heterocycles. The average molecular weight is 273 g/mol. The van der Waals surface area contributed by atoms with Crippen molar-refractivity contribution in [3.05, 3.63) is 35.9 Å². The zero-order chi connectivity index (χ0) is 14.5. The van der Waals surface area contributed by atoms with E-state index in [2.05, 4.69) is 63.3 Å². The van der Waals surface area contributed by atoms with Gasteiger partial charge in [-0.3, -0.25) is 0 Å². The molecule has 0 bridgehead atoms. The largest absolute Gasteiger partial charge is 0.316 e. The van der Waals surface area contributed by atoms with Crippen LogP contribution in [0, 0.1) is 23.7 Å². The molecule has 2 rings (SSSR count). The maximum Gasteiger partial charge on any atom is -0.00174 e. The van der Waals surface area contributed by atoms with E-state index in [1.54, 1.807) is 5.56 Å². The van der Waals surface area contributed by atoms with Gasteiger partial charge < -0.3 is 5.32 Å². The molecule has 0 radical (unpaired) electrons. The lowest BCUT2D eigenvalue weighted by atomic mass is 9.90. The highest BCUT2D eigenvalue weighted by Crippen LogP contribution is 2.53. The predicted octanol–water partition coefficient (Wildman–Crippen LogP) is 4.70. The summed E-state index contributed by atoms with van der Waals surface area (Å²) in [7, 11) is 0. The Kier molecular flexibility index (Phi) is 5.65. The Bertz CT molecular complexity index is 382. The second-order valence-corrected chi connectivity index (χ2v) is 7.36. The van der Waals surface area contributed by atoms with Gasteiger partial charge >= 0.3 is 0 Å². The van der Waals surface area contributed by atoms with Crippen LogP contribution in [0.1, 0.15) is 52.0 Å². The molecule has 0 aliphatic heterocycles. The van der Waals surface area contributed by atoms with E-state index >= 15 is 0 Å². The van der Waals surface area contributed by atoms with E-state index in [1.165, 1.54) is 19.4 Å². The van der Waals surface area contributed by atoms with Gasteiger partial charge in [0, 0.05) is 0 Å². The third-order valence-electron chi connectivity index (χ3n) is 4.41. The Balaban J connectivity index is 1.88. The first-order valence-electron chi connectivity index (χ1n) is 8.33. The zero-order valence-electron chi connectivity index (χ0n) is 13.6. The third kappa shape index (κ3) is 4.63. The molecule has 1 nitrogen and oxygen atoms in total. The molecule has 0 amide bonds. The molecule has 1 heteroatoms. The minimum Gasteiger partial charge on any atom is -0.316 e. The second kappa shape index (κ2) is 7.26. The van der Waals surface area contributed by atoms with Crippen molar-refractivity contribution >= 4 is 0 Å². The average Bonchev–Trinajstić information content (AvgIpc) is 3.18. The number of hydrogen-bond donors (Lipinski definition) is 1. The molecule has 1 aliphatic carbocycles. The normalized spacial score (nSPS) is 23.3. The van der Waals surface area contributed by atoms with E-state index in [1.807, 2.05) is 0 Å². The molecular weight excluding hydrogens is 242 g/mol. The predicted molar refractivity (Wildman–Crippen MR) is 87.9 cm³/mol. The van der Waals surface area contributed by atoms with Gasteiger partial charge in [0.25, 0.3) is 0 Å². The molecule has 0 spiro atoms. The van der Waals surface area contributed by atoms with Crippen molar-refractivity contribution in [3.8, 4) is 0 Å². The molecule has 3 atom stereocenters. The molecule has 1 N–H and O–H groups in total. The van der Waals surface area contributed by atoms with Crippen molar-refractivity contribution in [2.24, 2.45) is 23.7 Å². The lowest BCUT2D eigenvalue weighted by Crippen LogP contribution is -2.28. The standard InChI is InChI=1S/C19H31N/c1-14(2)10-17(13-20-12-15(3)4)19-11-18(19)16-8-6-5-7-9-16/h5-9,14-15,17-20H,10-13H2,1-4H3. The Morgan fingerprint density at radius 3 is 2.30 bits per heavy atom. The van der Waals surface area contributed by atoms with Crippen molar-refractivity contribution in [2.75, 3.05) is 13.1 Å². The van der Waals surface area contributed by atoms with Crippen LogP contribution in [0.2, 0.25) is 0 Å². The summed E-state index contributed by atoms with van der Waals surface area (Å²) in [6.45, 7) is 11.6. The van der Waals surface area contributed by atoms with E-state index in [0.717, 1.165) is 36.1 Å². The van der Waals surface area contributed by atoms with Crippen molar-refractivity contribution in [1.82, 2.24) is 5.32 Å². The van der Waals surface area contributed by atoms with Gasteiger partial charge in [0.2, 0.25) is 0 Å². The van der Waals surface area contributed by atoms with E-state index in [4.69, 9.17) is 0 Å². The maximum absolute atomic E-state index is 3.68. The van der Waals surface area contributed by atoms with Crippen molar-refractivity contribution in [2.45, 2.75) is 46.5 Å². The summed E-state index contributed by atoms with van der Waals surface area (Å²) in [6, 6.07) is 11.1. The number of nitrogens with one attached hydrogen (secondary N) is 1. The van der Waals surface area contributed by atoms with Gasteiger partial charge in [0.1, 0.15) is 0 Å². The van der Waals surface area contributed by atoms with Crippen LogP contribution in [0.5, 0.6) is 0 Å². The summed E-state index contributed by atoms with van der Waals surface area (Å²) in [5.74, 6) is 4.12. The third-order valence-corrected chi connectivity index (χ3v) is 4.41. The van der Waals surface area contributed by atoms with Gasteiger partial charge in [-0.2, -0.15) is 0 Å². The number of benzene rings is 1. The van der Waals surface area contributed by atoms with Crippen LogP contribution < -0.4 is 5.32 Å². The van der Waals surface area contributed by atoms with Crippen LogP contribution in [0.3, 0.4) is 0 Å². The van der Waals surface area contributed by atoms with Crippen LogP contribution in [-0.4, -0.2) is 13.1 Å². The molecule has 1 aromatic carbocycles. The van der Waals surface area contributed by atoms with Gasteiger partial charge in [-0.05, 0) is 61.1 Å². The summed E-state index contributed by atoms with van der Waals surface area (Å²) in [5.41, 5.74) is 1.55. The Morgan fingerprint density at radius 2 is 1.70 bits per heavy atom. The summed E-state index contributed by atoms with van der Waals surface area (Å²) >= 11 is 0. The summed E-state index contributed by atoms with van der Waals surface area (Å²) in [4.78, 5) is 0. The fourth-order valence-electron chi connectivity index (χ4n) is 3.39. The highest BCUT2D eigenvalue weighted by molar-refractivity contribution is 5.26. The molecule has 112 valence electrons. The van der Waals surface area contributed by atoms with E-state index in [0.29, 0.717) is 0 Å². The van der Waals surface area contributed by atoms with Crippen molar-refractivity contribution in [1.29, 1.82) is 0 Å². The van der Waals surface area contributed by atoms with Crippen LogP contribution in [-0.2, 0) is 0 Å². The van der Waals surface area contributed by atoms with Crippen LogP contribution in [0.25, 0.3) is 0 Å². The molecule has 1 aliphatic rings. The Labute approximate surface area is 125 Å². The summed E-state index contributed by atoms with van der Waals surface area (Å²) < 4.78 is 0. The molecular formula is C19H31N. The minimum atomic E-state index is 0.749. The SMILES string of the molecule is CC(C)CNCC(CC(C)C)C1CC1c1ccccc1. The molecule has 1 aromatic rings. The number of rotatable bonds is 8. The number of hydrogen-bond acceptors (Lipinski definition) is 1. The molecule has 20 heavy (non-hydrogen) atoms. The van der Waals surface area contributed by atoms with Gasteiger partial charge in [0.05, 0.1) is 0 Å². The molecule has 3 unspecified atom stereocenters. The first-order valence-corrected chi connectivity index (χ1v) is 8.33. The smallest absolute Gasteiger partial charge is 0.00174 e. The molecule has 1 fully saturated rings. The van der Waals surface area contributed by atoms with Crippen molar-refractivity contribution in [3.63, 3.8) is 0 Å². The minimum absolute atomic E-state index is 0.749. The van der Waals surface area contributed by atoms with Gasteiger partial charge in [0.15, 0.2) is 0 Å². The topological polar surface area (TPSA) is 12.0 Å². The van der Waals surface area contributed by atoms with Gasteiger partial charge in [-0.25, -0.2) is 0 Å². The zero-order valence-corrected chi connectivity index (χ0v) is 13.6. The van der Waals surface area contributed by atoms with Crippen LogP contribution >= 0.6 is 0 Å². The Hall–Kier alpha value is -0.820. The van der Waals surface area contributed by atoms with Crippen LogP contribution in [0.15, 0.2) is 30.3 Å². The maximum atomic E-state index is 3.68. The quantitative estimate of drug-likeness (QED) is 0.724. The monoisotopic (exact) mass is 273 g/mol. The van der Waals surface area contributed by atoms with Gasteiger partial charge in [-0.15, -0.1) is 0 Å². The molecule has 0 saturated heterocycles. The summed E-state index contributed by atoms with van der Waals surface area (Å²) in [6.07, 6.45) is 2.75. The van der Waals surface area contributed by atoms with E-state index < -0.39 is 0 Å². The lowest BCUT2D eigenvalue weighted by molar-refractivity contribution is 0.339. The van der Waals surface area contributed by atoms with Crippen molar-refractivity contribution < 1.29 is 0 Å². The lowest BCUT2D eigenvalue weighted by Gasteiger charge is -2.21. The highest BCUT2D eigenvalue weighted by atomic mass is 14.9.